The van der Waals surface area contributed by atoms with Gasteiger partial charge in [-0.3, -0.25) is 14.6 Å². The van der Waals surface area contributed by atoms with Crippen LogP contribution in [0.3, 0.4) is 0 Å². The maximum Gasteiger partial charge on any atom is 0.273 e. The number of carbonyl (C=O) groups excluding carboxylic acids is 1. The molecule has 4 rings (SSSR count). The number of nitrogens with one attached hydrogen (secondary N) is 1. The monoisotopic (exact) mass is 402 g/mol. The Morgan fingerprint density at radius 3 is 2.76 bits per heavy atom. The van der Waals surface area contributed by atoms with Gasteiger partial charge in [-0.25, -0.2) is 4.98 Å². The van der Waals surface area contributed by atoms with E-state index < -0.39 is 0 Å². The molecule has 1 aromatic carbocycles. The number of piperazine rings is 1. The van der Waals surface area contributed by atoms with Crippen LogP contribution in [0, 0.1) is 0 Å². The van der Waals surface area contributed by atoms with Crippen LogP contribution < -0.4 is 14.8 Å². The normalized spacial score (nSPS) is 18.0. The van der Waals surface area contributed by atoms with Crippen LogP contribution in [0.1, 0.15) is 28.9 Å². The van der Waals surface area contributed by atoms with Crippen molar-refractivity contribution in [1.82, 2.24) is 20.1 Å². The summed E-state index contributed by atoms with van der Waals surface area (Å²) >= 11 is 0. The van der Waals surface area contributed by atoms with Crippen molar-refractivity contribution in [2.45, 2.75) is 26.1 Å². The first-order valence-electron chi connectivity index (χ1n) is 9.81. The van der Waals surface area contributed by atoms with Crippen LogP contribution in [0.15, 0.2) is 28.9 Å². The molecule has 2 aliphatic heterocycles. The minimum atomic E-state index is -0.313. The molecular formula is C20H26N4O5. The molecule has 9 heteroatoms. The Hall–Kier alpha value is -2.62. The number of β-amino-alcohol motifs (C(OH)–C–C–N with tert-alkyl or cyclic N) is 1. The van der Waals surface area contributed by atoms with Gasteiger partial charge in [0, 0.05) is 39.3 Å². The standard InChI is InChI=1S/C20H26N4O5/c1-14(25)10-23-4-6-24(7-5-23)11-19-22-16(12-27-19)20(26)21-9-15-2-3-17-18(8-15)29-13-28-17/h2-3,8,12,14,25H,4-7,9-11,13H2,1H3,(H,21,26). The SMILES string of the molecule is CC(O)CN1CCN(Cc2nc(C(=O)NCc3ccc4c(c3)OCO4)co2)CC1. The molecule has 0 radical (unpaired) electrons. The van der Waals surface area contributed by atoms with Crippen LogP contribution in [-0.4, -0.2) is 71.4 Å². The lowest BCUT2D eigenvalue weighted by Crippen LogP contribution is -2.47. The van der Waals surface area contributed by atoms with Crippen molar-refractivity contribution in [2.75, 3.05) is 39.5 Å². The van der Waals surface area contributed by atoms with Crippen molar-refractivity contribution in [3.05, 3.63) is 41.6 Å². The highest BCUT2D eigenvalue weighted by Crippen LogP contribution is 2.32. The second-order valence-corrected chi connectivity index (χ2v) is 7.42. The summed E-state index contributed by atoms with van der Waals surface area (Å²) in [7, 11) is 0. The van der Waals surface area contributed by atoms with E-state index in [-0.39, 0.29) is 24.5 Å². The molecule has 1 atom stereocenters. The summed E-state index contributed by atoms with van der Waals surface area (Å²) < 4.78 is 16.1. The number of aliphatic hydroxyl groups excluding tert-OH is 1. The smallest absolute Gasteiger partial charge is 0.273 e. The van der Waals surface area contributed by atoms with E-state index >= 15 is 0 Å². The van der Waals surface area contributed by atoms with Crippen LogP contribution in [0.25, 0.3) is 0 Å². The molecule has 1 saturated heterocycles. The molecule has 1 aromatic heterocycles. The number of hydrogen-bond donors (Lipinski definition) is 2. The predicted octanol–water partition coefficient (Wildman–Crippen LogP) is 0.832. The third-order valence-electron chi connectivity index (χ3n) is 5.02. The van der Waals surface area contributed by atoms with Crippen LogP contribution in [0.2, 0.25) is 0 Å². The Labute approximate surface area is 169 Å². The third-order valence-corrected chi connectivity index (χ3v) is 5.02. The number of hydrogen-bond acceptors (Lipinski definition) is 8. The highest BCUT2D eigenvalue weighted by Gasteiger charge is 2.20. The second-order valence-electron chi connectivity index (χ2n) is 7.42. The quantitative estimate of drug-likeness (QED) is 0.703. The summed E-state index contributed by atoms with van der Waals surface area (Å²) in [5.74, 6) is 1.66. The third kappa shape index (κ3) is 5.06. The van der Waals surface area contributed by atoms with Gasteiger partial charge in [-0.15, -0.1) is 0 Å². The Kier molecular flexibility index (Phi) is 5.98. The molecule has 9 nitrogen and oxygen atoms in total. The number of carbonyl (C=O) groups is 1. The lowest BCUT2D eigenvalue weighted by Gasteiger charge is -2.34. The second kappa shape index (κ2) is 8.81. The molecule has 2 N–H and O–H groups in total. The average Bonchev–Trinajstić information content (AvgIpc) is 3.36. The summed E-state index contributed by atoms with van der Waals surface area (Å²) in [6.07, 6.45) is 1.08. The Bertz CT molecular complexity index is 845. The van der Waals surface area contributed by atoms with Gasteiger partial charge < -0.3 is 24.3 Å². The molecule has 0 spiro atoms. The van der Waals surface area contributed by atoms with Gasteiger partial charge in [0.25, 0.3) is 5.91 Å². The molecule has 3 heterocycles. The van der Waals surface area contributed by atoms with Gasteiger partial charge in [0.15, 0.2) is 17.2 Å². The van der Waals surface area contributed by atoms with Crippen LogP contribution >= 0.6 is 0 Å². The molecule has 29 heavy (non-hydrogen) atoms. The Morgan fingerprint density at radius 2 is 1.97 bits per heavy atom. The fraction of sp³-hybridized carbons (Fsp3) is 0.500. The summed E-state index contributed by atoms with van der Waals surface area (Å²) in [5, 5.41) is 12.3. The van der Waals surface area contributed by atoms with Gasteiger partial charge in [0.1, 0.15) is 6.26 Å². The van der Waals surface area contributed by atoms with E-state index in [4.69, 9.17) is 13.9 Å². The highest BCUT2D eigenvalue weighted by molar-refractivity contribution is 5.91. The van der Waals surface area contributed by atoms with Gasteiger partial charge in [0.2, 0.25) is 12.7 Å². The van der Waals surface area contributed by atoms with E-state index in [1.165, 1.54) is 6.26 Å². The summed E-state index contributed by atoms with van der Waals surface area (Å²) in [6.45, 7) is 7.20. The zero-order valence-electron chi connectivity index (χ0n) is 16.5. The minimum Gasteiger partial charge on any atom is -0.454 e. The van der Waals surface area contributed by atoms with Crippen LogP contribution in [0.5, 0.6) is 11.5 Å². The van der Waals surface area contributed by atoms with Crippen molar-refractivity contribution in [1.29, 1.82) is 0 Å². The minimum absolute atomic E-state index is 0.225. The number of ether oxygens (including phenoxy) is 2. The molecule has 1 fully saturated rings. The van der Waals surface area contributed by atoms with Gasteiger partial charge in [-0.1, -0.05) is 6.07 Å². The van der Waals surface area contributed by atoms with Crippen molar-refractivity contribution < 1.29 is 23.8 Å². The maximum atomic E-state index is 12.4. The molecule has 0 bridgehead atoms. The first-order valence-corrected chi connectivity index (χ1v) is 9.81. The molecular weight excluding hydrogens is 376 g/mol. The van der Waals surface area contributed by atoms with Crippen LogP contribution in [0.4, 0.5) is 0 Å². The largest absolute Gasteiger partial charge is 0.454 e. The van der Waals surface area contributed by atoms with Gasteiger partial charge in [0.05, 0.1) is 12.6 Å². The van der Waals surface area contributed by atoms with E-state index in [2.05, 4.69) is 20.1 Å². The van der Waals surface area contributed by atoms with E-state index in [1.54, 1.807) is 6.92 Å². The van der Waals surface area contributed by atoms with Crippen molar-refractivity contribution in [3.8, 4) is 11.5 Å². The number of amides is 1. The number of aromatic nitrogens is 1. The van der Waals surface area contributed by atoms with E-state index in [1.807, 2.05) is 18.2 Å². The zero-order valence-corrected chi connectivity index (χ0v) is 16.5. The fourth-order valence-corrected chi connectivity index (χ4v) is 3.51. The number of rotatable bonds is 7. The molecule has 1 amide bonds. The van der Waals surface area contributed by atoms with Gasteiger partial charge in [-0.2, -0.15) is 0 Å². The zero-order chi connectivity index (χ0) is 20.2. The van der Waals surface area contributed by atoms with Crippen molar-refractivity contribution >= 4 is 5.91 Å². The Balaban J connectivity index is 1.25. The Morgan fingerprint density at radius 1 is 1.21 bits per heavy atom. The lowest BCUT2D eigenvalue weighted by molar-refractivity contribution is 0.0747. The number of oxazole rings is 1. The topological polar surface area (TPSA) is 100 Å². The van der Waals surface area contributed by atoms with Crippen molar-refractivity contribution in [2.24, 2.45) is 0 Å². The molecule has 1 unspecified atom stereocenters. The number of nitrogens with zero attached hydrogens (tertiary/aromatic N) is 3. The molecule has 2 aliphatic rings. The predicted molar refractivity (Wildman–Crippen MR) is 104 cm³/mol. The number of benzene rings is 1. The summed E-state index contributed by atoms with van der Waals surface area (Å²) in [6, 6.07) is 5.58. The van der Waals surface area contributed by atoms with E-state index in [0.29, 0.717) is 37.0 Å². The molecule has 0 aliphatic carbocycles. The average molecular weight is 402 g/mol. The molecule has 156 valence electrons. The number of fused-ring (bicyclic) bond motifs is 1. The fourth-order valence-electron chi connectivity index (χ4n) is 3.51. The first-order chi connectivity index (χ1) is 14.1. The van der Waals surface area contributed by atoms with E-state index in [0.717, 1.165) is 31.7 Å². The maximum absolute atomic E-state index is 12.4. The molecule has 2 aromatic rings. The first kappa shape index (κ1) is 19.7. The summed E-state index contributed by atoms with van der Waals surface area (Å²) in [4.78, 5) is 21.2. The van der Waals surface area contributed by atoms with Gasteiger partial charge >= 0.3 is 0 Å². The molecule has 0 saturated carbocycles. The van der Waals surface area contributed by atoms with Crippen molar-refractivity contribution in [3.63, 3.8) is 0 Å². The van der Waals surface area contributed by atoms with Crippen LogP contribution in [-0.2, 0) is 13.1 Å². The highest BCUT2D eigenvalue weighted by atomic mass is 16.7. The van der Waals surface area contributed by atoms with E-state index in [9.17, 15) is 9.90 Å². The number of aliphatic hydroxyl groups is 1. The summed E-state index contributed by atoms with van der Waals surface area (Å²) in [5.41, 5.74) is 1.19. The lowest BCUT2D eigenvalue weighted by atomic mass is 10.2. The van der Waals surface area contributed by atoms with Gasteiger partial charge in [-0.05, 0) is 24.6 Å².